The molecular weight excluding hydrogens is 376 g/mol. The summed E-state index contributed by atoms with van der Waals surface area (Å²) >= 11 is 0. The summed E-state index contributed by atoms with van der Waals surface area (Å²) in [5.41, 5.74) is -2.29. The summed E-state index contributed by atoms with van der Waals surface area (Å²) in [6, 6.07) is 3.52. The summed E-state index contributed by atoms with van der Waals surface area (Å²) in [6.45, 7) is 0. The number of rotatable bonds is 5. The standard InChI is InChI=1S/C25H30F4/c26-21-6-3-7-22(27)24(21)19-14-15-25(29,23(28)16-19)20-12-10-18(11-13-20)9-8-17-4-1-2-5-17/h3,6-7,14-18,20,23H,1-2,4-5,8-13H2. The second-order valence-electron chi connectivity index (χ2n) is 9.23. The summed E-state index contributed by atoms with van der Waals surface area (Å²) in [5, 5.41) is 0. The van der Waals surface area contributed by atoms with Crippen LogP contribution in [0.15, 0.2) is 36.4 Å². The van der Waals surface area contributed by atoms with Gasteiger partial charge in [-0.25, -0.2) is 17.6 Å². The van der Waals surface area contributed by atoms with Crippen LogP contribution in [0.25, 0.3) is 5.57 Å². The van der Waals surface area contributed by atoms with Gasteiger partial charge in [-0.15, -0.1) is 0 Å². The van der Waals surface area contributed by atoms with Crippen molar-refractivity contribution in [2.75, 3.05) is 0 Å². The molecule has 0 bridgehead atoms. The minimum absolute atomic E-state index is 0.0756. The quantitative estimate of drug-likeness (QED) is 0.439. The van der Waals surface area contributed by atoms with Crippen LogP contribution >= 0.6 is 0 Å². The Kier molecular flexibility index (Phi) is 6.17. The fourth-order valence-electron chi connectivity index (χ4n) is 5.62. The van der Waals surface area contributed by atoms with Gasteiger partial charge in [0.1, 0.15) is 11.6 Å². The van der Waals surface area contributed by atoms with E-state index in [0.717, 1.165) is 37.0 Å². The van der Waals surface area contributed by atoms with Gasteiger partial charge in [-0.2, -0.15) is 0 Å². The number of hydrogen-bond acceptors (Lipinski definition) is 0. The average Bonchev–Trinajstić information content (AvgIpc) is 3.23. The summed E-state index contributed by atoms with van der Waals surface area (Å²) in [4.78, 5) is 0. The summed E-state index contributed by atoms with van der Waals surface area (Å²) in [5.74, 6) is -0.400. The molecule has 2 fully saturated rings. The fourth-order valence-corrected chi connectivity index (χ4v) is 5.62. The third-order valence-corrected chi connectivity index (χ3v) is 7.45. The Hall–Kier alpha value is -1.58. The number of alkyl halides is 2. The van der Waals surface area contributed by atoms with Crippen LogP contribution in [0.3, 0.4) is 0 Å². The van der Waals surface area contributed by atoms with Crippen molar-refractivity contribution < 1.29 is 17.6 Å². The lowest BCUT2D eigenvalue weighted by molar-refractivity contribution is 0.0316. The second kappa shape index (κ2) is 8.65. The van der Waals surface area contributed by atoms with Crippen LogP contribution in [0.5, 0.6) is 0 Å². The molecule has 2 saturated carbocycles. The molecule has 4 heteroatoms. The molecule has 0 radical (unpaired) electrons. The lowest BCUT2D eigenvalue weighted by atomic mass is 9.70. The van der Waals surface area contributed by atoms with Crippen molar-refractivity contribution in [3.63, 3.8) is 0 Å². The maximum Gasteiger partial charge on any atom is 0.166 e. The molecule has 158 valence electrons. The monoisotopic (exact) mass is 406 g/mol. The van der Waals surface area contributed by atoms with Crippen molar-refractivity contribution >= 4 is 5.57 Å². The van der Waals surface area contributed by atoms with Crippen molar-refractivity contribution in [2.45, 2.75) is 76.0 Å². The zero-order valence-electron chi connectivity index (χ0n) is 16.9. The Morgan fingerprint density at radius 2 is 1.45 bits per heavy atom. The summed E-state index contributed by atoms with van der Waals surface area (Å²) < 4.78 is 58.5. The van der Waals surface area contributed by atoms with E-state index < -0.39 is 23.5 Å². The summed E-state index contributed by atoms with van der Waals surface area (Å²) in [6.07, 6.45) is 12.9. The lowest BCUT2D eigenvalue weighted by Crippen LogP contribution is -2.43. The molecule has 2 unspecified atom stereocenters. The molecule has 3 aliphatic carbocycles. The van der Waals surface area contributed by atoms with E-state index >= 15 is 4.39 Å². The third-order valence-electron chi connectivity index (χ3n) is 7.45. The molecule has 0 amide bonds. The van der Waals surface area contributed by atoms with Gasteiger partial charge in [-0.3, -0.25) is 0 Å². The van der Waals surface area contributed by atoms with Crippen LogP contribution in [0.4, 0.5) is 17.6 Å². The highest BCUT2D eigenvalue weighted by Gasteiger charge is 2.46. The van der Waals surface area contributed by atoms with E-state index in [1.807, 2.05) is 0 Å². The Morgan fingerprint density at radius 3 is 2.03 bits per heavy atom. The second-order valence-corrected chi connectivity index (χ2v) is 9.23. The zero-order chi connectivity index (χ0) is 20.4. The number of hydrogen-bond donors (Lipinski definition) is 0. The molecular formula is C25H30F4. The Balaban J connectivity index is 1.37. The normalized spacial score (nSPS) is 33.1. The van der Waals surface area contributed by atoms with Crippen LogP contribution in [0, 0.1) is 29.4 Å². The van der Waals surface area contributed by atoms with E-state index in [1.165, 1.54) is 56.7 Å². The fraction of sp³-hybridized carbons (Fsp3) is 0.600. The van der Waals surface area contributed by atoms with E-state index in [4.69, 9.17) is 0 Å². The van der Waals surface area contributed by atoms with Gasteiger partial charge in [0.05, 0.1) is 5.56 Å². The Morgan fingerprint density at radius 1 is 0.862 bits per heavy atom. The SMILES string of the molecule is Fc1cccc(F)c1C1=CC(F)C(F)(C2CCC(CCC3CCCC3)CC2)C=C1. The molecule has 0 aliphatic heterocycles. The molecule has 4 rings (SSSR count). The van der Waals surface area contributed by atoms with Gasteiger partial charge < -0.3 is 0 Å². The van der Waals surface area contributed by atoms with Gasteiger partial charge >= 0.3 is 0 Å². The topological polar surface area (TPSA) is 0 Å². The molecule has 0 heterocycles. The van der Waals surface area contributed by atoms with Crippen molar-refractivity contribution in [2.24, 2.45) is 17.8 Å². The van der Waals surface area contributed by atoms with Gasteiger partial charge in [0.2, 0.25) is 0 Å². The van der Waals surface area contributed by atoms with Gasteiger partial charge in [-0.05, 0) is 60.5 Å². The van der Waals surface area contributed by atoms with Crippen LogP contribution in [0.1, 0.15) is 69.8 Å². The molecule has 0 nitrogen and oxygen atoms in total. The highest BCUT2D eigenvalue weighted by Crippen LogP contribution is 2.46. The molecule has 0 N–H and O–H groups in total. The predicted molar refractivity (Wildman–Crippen MR) is 109 cm³/mol. The first-order chi connectivity index (χ1) is 14.0. The average molecular weight is 407 g/mol. The van der Waals surface area contributed by atoms with E-state index in [9.17, 15) is 13.2 Å². The zero-order valence-corrected chi connectivity index (χ0v) is 16.9. The predicted octanol–water partition coefficient (Wildman–Crippen LogP) is 7.74. The van der Waals surface area contributed by atoms with Crippen molar-refractivity contribution in [1.29, 1.82) is 0 Å². The first-order valence-electron chi connectivity index (χ1n) is 11.2. The molecule has 0 saturated heterocycles. The Bertz CT molecular complexity index is 749. The van der Waals surface area contributed by atoms with Crippen LogP contribution in [-0.4, -0.2) is 11.8 Å². The molecule has 1 aromatic carbocycles. The first kappa shape index (κ1) is 20.7. The van der Waals surface area contributed by atoms with Crippen LogP contribution in [0.2, 0.25) is 0 Å². The number of allylic oxidation sites excluding steroid dienone is 4. The smallest absolute Gasteiger partial charge is 0.166 e. The maximum absolute atomic E-state index is 15.6. The molecule has 29 heavy (non-hydrogen) atoms. The molecule has 3 aliphatic rings. The van der Waals surface area contributed by atoms with E-state index in [1.54, 1.807) is 0 Å². The van der Waals surface area contributed by atoms with Gasteiger partial charge in [0, 0.05) is 0 Å². The van der Waals surface area contributed by atoms with Gasteiger partial charge in [-0.1, -0.05) is 63.5 Å². The van der Waals surface area contributed by atoms with Crippen molar-refractivity contribution in [3.05, 3.63) is 53.6 Å². The van der Waals surface area contributed by atoms with Gasteiger partial charge in [0.25, 0.3) is 0 Å². The largest absolute Gasteiger partial charge is 0.239 e. The lowest BCUT2D eigenvalue weighted by Gasteiger charge is -2.39. The van der Waals surface area contributed by atoms with Crippen LogP contribution in [-0.2, 0) is 0 Å². The minimum atomic E-state index is -2.08. The molecule has 2 atom stereocenters. The highest BCUT2D eigenvalue weighted by molar-refractivity contribution is 5.77. The first-order valence-corrected chi connectivity index (χ1v) is 11.2. The highest BCUT2D eigenvalue weighted by atomic mass is 19.2. The minimum Gasteiger partial charge on any atom is -0.239 e. The van der Waals surface area contributed by atoms with E-state index in [2.05, 4.69) is 0 Å². The van der Waals surface area contributed by atoms with E-state index in [0.29, 0.717) is 18.8 Å². The van der Waals surface area contributed by atoms with Crippen molar-refractivity contribution in [1.82, 2.24) is 0 Å². The maximum atomic E-state index is 15.6. The summed E-state index contributed by atoms with van der Waals surface area (Å²) in [7, 11) is 0. The number of benzene rings is 1. The third kappa shape index (κ3) is 4.32. The van der Waals surface area contributed by atoms with E-state index in [-0.39, 0.29) is 17.1 Å². The van der Waals surface area contributed by atoms with Crippen molar-refractivity contribution in [3.8, 4) is 0 Å². The molecule has 0 spiro atoms. The van der Waals surface area contributed by atoms with Gasteiger partial charge in [0.15, 0.2) is 11.8 Å². The molecule has 1 aromatic rings. The number of halogens is 4. The Labute approximate surface area is 171 Å². The van der Waals surface area contributed by atoms with Crippen LogP contribution < -0.4 is 0 Å². The molecule has 0 aromatic heterocycles.